The highest BCUT2D eigenvalue weighted by Crippen LogP contribution is 2.19. The normalized spacial score (nSPS) is 15.1. The van der Waals surface area contributed by atoms with Crippen LogP contribution in [0.5, 0.6) is 5.75 Å². The van der Waals surface area contributed by atoms with E-state index in [1.54, 1.807) is 7.11 Å². The zero-order chi connectivity index (χ0) is 11.4. The molecule has 2 atom stereocenters. The summed E-state index contributed by atoms with van der Waals surface area (Å²) in [7, 11) is 5.74. The van der Waals surface area contributed by atoms with Gasteiger partial charge >= 0.3 is 0 Å². The molecule has 0 spiro atoms. The van der Waals surface area contributed by atoms with Crippen LogP contribution in [0, 0.1) is 0 Å². The Bertz CT molecular complexity index is 295. The molecule has 3 heteroatoms. The third kappa shape index (κ3) is 2.94. The molecule has 2 unspecified atom stereocenters. The van der Waals surface area contributed by atoms with E-state index in [9.17, 15) is 0 Å². The summed E-state index contributed by atoms with van der Waals surface area (Å²) in [6, 6.07) is 8.27. The summed E-state index contributed by atoms with van der Waals surface area (Å²) in [6.07, 6.45) is 0. The largest absolute Gasteiger partial charge is 0.497 e. The smallest absolute Gasteiger partial charge is 0.118 e. The number of hydrogen-bond donors (Lipinski definition) is 1. The fourth-order valence-electron chi connectivity index (χ4n) is 1.43. The van der Waals surface area contributed by atoms with Crippen LogP contribution in [0.3, 0.4) is 0 Å². The first-order chi connectivity index (χ1) is 7.06. The minimum absolute atomic E-state index is 0.0332. The second-order valence-corrected chi connectivity index (χ2v) is 4.00. The van der Waals surface area contributed by atoms with Crippen LogP contribution in [0.15, 0.2) is 24.3 Å². The highest BCUT2D eigenvalue weighted by atomic mass is 16.5. The van der Waals surface area contributed by atoms with Crippen LogP contribution < -0.4 is 10.5 Å². The van der Waals surface area contributed by atoms with E-state index < -0.39 is 0 Å². The molecule has 0 fully saturated rings. The second kappa shape index (κ2) is 5.14. The molecule has 0 radical (unpaired) electrons. The molecule has 0 aliphatic rings. The second-order valence-electron chi connectivity index (χ2n) is 4.00. The van der Waals surface area contributed by atoms with Crippen LogP contribution in [0.4, 0.5) is 0 Å². The zero-order valence-electron chi connectivity index (χ0n) is 9.90. The molecule has 1 aromatic rings. The summed E-state index contributed by atoms with van der Waals surface area (Å²) < 4.78 is 5.11. The van der Waals surface area contributed by atoms with E-state index in [1.165, 1.54) is 0 Å². The van der Waals surface area contributed by atoms with Crippen molar-refractivity contribution in [2.75, 3.05) is 21.2 Å². The van der Waals surface area contributed by atoms with Gasteiger partial charge in [0.1, 0.15) is 5.75 Å². The average Bonchev–Trinajstić information content (AvgIpc) is 2.27. The molecular formula is C12H20N2O. The zero-order valence-corrected chi connectivity index (χ0v) is 9.90. The van der Waals surface area contributed by atoms with E-state index in [0.717, 1.165) is 11.3 Å². The van der Waals surface area contributed by atoms with Gasteiger partial charge in [-0.25, -0.2) is 0 Å². The Balaban J connectivity index is 2.78. The first-order valence-corrected chi connectivity index (χ1v) is 5.12. The number of rotatable bonds is 4. The summed E-state index contributed by atoms with van der Waals surface area (Å²) in [5, 5.41) is 0. The van der Waals surface area contributed by atoms with E-state index in [4.69, 9.17) is 10.5 Å². The topological polar surface area (TPSA) is 38.5 Å². The highest BCUT2D eigenvalue weighted by Gasteiger charge is 2.16. The van der Waals surface area contributed by atoms with Gasteiger partial charge in [-0.2, -0.15) is 0 Å². The SMILES string of the molecule is COc1ccc(C(N)C(C)N(C)C)cc1. The van der Waals surface area contributed by atoms with Gasteiger partial charge in [-0.05, 0) is 38.7 Å². The van der Waals surface area contributed by atoms with Crippen molar-refractivity contribution in [3.63, 3.8) is 0 Å². The Hall–Kier alpha value is -1.06. The molecule has 1 aromatic carbocycles. The number of benzene rings is 1. The van der Waals surface area contributed by atoms with Gasteiger partial charge in [0.05, 0.1) is 7.11 Å². The first kappa shape index (κ1) is 12.0. The van der Waals surface area contributed by atoms with Crippen LogP contribution in [-0.4, -0.2) is 32.1 Å². The van der Waals surface area contributed by atoms with Crippen LogP contribution in [0.25, 0.3) is 0 Å². The maximum absolute atomic E-state index is 6.15. The summed E-state index contributed by atoms with van der Waals surface area (Å²) in [6.45, 7) is 2.12. The van der Waals surface area contributed by atoms with Crippen LogP contribution in [0.2, 0.25) is 0 Å². The molecule has 0 bridgehead atoms. The Morgan fingerprint density at radius 2 is 1.73 bits per heavy atom. The van der Waals surface area contributed by atoms with Gasteiger partial charge in [0.15, 0.2) is 0 Å². The Morgan fingerprint density at radius 1 is 1.20 bits per heavy atom. The molecule has 0 saturated heterocycles. The Morgan fingerprint density at radius 3 is 2.13 bits per heavy atom. The molecule has 15 heavy (non-hydrogen) atoms. The number of nitrogens with zero attached hydrogens (tertiary/aromatic N) is 1. The van der Waals surface area contributed by atoms with E-state index in [2.05, 4.69) is 11.8 Å². The predicted molar refractivity (Wildman–Crippen MR) is 63.1 cm³/mol. The Kier molecular flexibility index (Phi) is 4.12. The van der Waals surface area contributed by atoms with Gasteiger partial charge < -0.3 is 15.4 Å². The minimum atomic E-state index is 0.0332. The summed E-state index contributed by atoms with van der Waals surface area (Å²) in [5.41, 5.74) is 7.28. The van der Waals surface area contributed by atoms with Gasteiger partial charge in [-0.3, -0.25) is 0 Å². The van der Waals surface area contributed by atoms with Crippen molar-refractivity contribution in [3.05, 3.63) is 29.8 Å². The van der Waals surface area contributed by atoms with Gasteiger partial charge in [-0.15, -0.1) is 0 Å². The standard InChI is InChI=1S/C12H20N2O/c1-9(14(2)3)12(13)10-5-7-11(15-4)8-6-10/h5-9,12H,13H2,1-4H3. The van der Waals surface area contributed by atoms with E-state index in [-0.39, 0.29) is 6.04 Å². The van der Waals surface area contributed by atoms with Gasteiger partial charge in [0.2, 0.25) is 0 Å². The molecule has 84 valence electrons. The molecular weight excluding hydrogens is 188 g/mol. The fraction of sp³-hybridized carbons (Fsp3) is 0.500. The molecule has 2 N–H and O–H groups in total. The molecule has 0 heterocycles. The molecule has 0 saturated carbocycles. The maximum atomic E-state index is 6.15. The highest BCUT2D eigenvalue weighted by molar-refractivity contribution is 5.29. The monoisotopic (exact) mass is 208 g/mol. The van der Waals surface area contributed by atoms with Crippen molar-refractivity contribution < 1.29 is 4.74 Å². The lowest BCUT2D eigenvalue weighted by Crippen LogP contribution is -2.35. The van der Waals surface area contributed by atoms with Crippen molar-refractivity contribution in [1.82, 2.24) is 4.90 Å². The number of likely N-dealkylation sites (N-methyl/N-ethyl adjacent to an activating group) is 1. The quantitative estimate of drug-likeness (QED) is 0.817. The van der Waals surface area contributed by atoms with Gasteiger partial charge in [-0.1, -0.05) is 12.1 Å². The van der Waals surface area contributed by atoms with Crippen LogP contribution in [0.1, 0.15) is 18.5 Å². The van der Waals surface area contributed by atoms with E-state index >= 15 is 0 Å². The van der Waals surface area contributed by atoms with E-state index in [0.29, 0.717) is 6.04 Å². The lowest BCUT2D eigenvalue weighted by atomic mass is 10.0. The molecule has 0 aliphatic carbocycles. The van der Waals surface area contributed by atoms with Crippen LogP contribution >= 0.6 is 0 Å². The third-order valence-corrected chi connectivity index (χ3v) is 2.83. The van der Waals surface area contributed by atoms with E-state index in [1.807, 2.05) is 38.4 Å². The predicted octanol–water partition coefficient (Wildman–Crippen LogP) is 1.65. The first-order valence-electron chi connectivity index (χ1n) is 5.12. The van der Waals surface area contributed by atoms with Crippen molar-refractivity contribution in [1.29, 1.82) is 0 Å². The number of ether oxygens (including phenoxy) is 1. The van der Waals surface area contributed by atoms with Gasteiger partial charge in [0.25, 0.3) is 0 Å². The third-order valence-electron chi connectivity index (χ3n) is 2.83. The maximum Gasteiger partial charge on any atom is 0.118 e. The van der Waals surface area contributed by atoms with Crippen molar-refractivity contribution >= 4 is 0 Å². The fourth-order valence-corrected chi connectivity index (χ4v) is 1.43. The summed E-state index contributed by atoms with van der Waals surface area (Å²) >= 11 is 0. The molecule has 0 aliphatic heterocycles. The summed E-state index contributed by atoms with van der Waals surface area (Å²) in [5.74, 6) is 0.864. The number of nitrogens with two attached hydrogens (primary N) is 1. The van der Waals surface area contributed by atoms with Crippen LogP contribution in [-0.2, 0) is 0 Å². The Labute approximate surface area is 91.8 Å². The number of methoxy groups -OCH3 is 1. The van der Waals surface area contributed by atoms with Crippen molar-refractivity contribution in [2.45, 2.75) is 19.0 Å². The van der Waals surface area contributed by atoms with Gasteiger partial charge in [0, 0.05) is 12.1 Å². The lowest BCUT2D eigenvalue weighted by molar-refractivity contribution is 0.274. The minimum Gasteiger partial charge on any atom is -0.497 e. The molecule has 0 aromatic heterocycles. The average molecular weight is 208 g/mol. The van der Waals surface area contributed by atoms with Crippen molar-refractivity contribution in [3.8, 4) is 5.75 Å². The lowest BCUT2D eigenvalue weighted by Gasteiger charge is -2.26. The molecule has 3 nitrogen and oxygen atoms in total. The molecule has 0 amide bonds. The molecule has 1 rings (SSSR count). The van der Waals surface area contributed by atoms with Crippen molar-refractivity contribution in [2.24, 2.45) is 5.73 Å². The number of hydrogen-bond acceptors (Lipinski definition) is 3. The summed E-state index contributed by atoms with van der Waals surface area (Å²) in [4.78, 5) is 2.12.